The highest BCUT2D eigenvalue weighted by molar-refractivity contribution is 9.10. The Morgan fingerprint density at radius 2 is 2.12 bits per heavy atom. The molecule has 0 unspecified atom stereocenters. The number of rotatable bonds is 3. The molecule has 0 aromatic heterocycles. The van der Waals surface area contributed by atoms with E-state index in [9.17, 15) is 0 Å². The van der Waals surface area contributed by atoms with Gasteiger partial charge in [0.15, 0.2) is 0 Å². The Labute approximate surface area is 105 Å². The van der Waals surface area contributed by atoms with Crippen LogP contribution < -0.4 is 15.4 Å². The van der Waals surface area contributed by atoms with E-state index in [-0.39, 0.29) is 0 Å². The largest absolute Gasteiger partial charge is 0.496 e. The molecule has 16 heavy (non-hydrogen) atoms. The number of piperidine rings is 1. The first-order valence-electron chi connectivity index (χ1n) is 5.60. The van der Waals surface area contributed by atoms with Gasteiger partial charge in [0.2, 0.25) is 0 Å². The zero-order chi connectivity index (χ0) is 11.4. The van der Waals surface area contributed by atoms with E-state index in [2.05, 4.69) is 38.7 Å². The Morgan fingerprint density at radius 1 is 1.38 bits per heavy atom. The Kier molecular flexibility index (Phi) is 4.07. The zero-order valence-electron chi connectivity index (χ0n) is 9.42. The molecule has 1 aromatic rings. The van der Waals surface area contributed by atoms with Crippen LogP contribution >= 0.6 is 15.9 Å². The summed E-state index contributed by atoms with van der Waals surface area (Å²) in [5.41, 5.74) is 1.15. The van der Waals surface area contributed by atoms with Gasteiger partial charge in [-0.05, 0) is 60.1 Å². The van der Waals surface area contributed by atoms with Crippen LogP contribution in [-0.2, 0) is 0 Å². The highest BCUT2D eigenvalue weighted by Gasteiger charge is 2.12. The standard InChI is InChI=1S/C12H17BrN2O/c1-16-12-3-2-10(8-11(12)13)15-9-4-6-14-7-5-9/h2-3,8-9,14-15H,4-7H2,1H3. The van der Waals surface area contributed by atoms with E-state index in [1.165, 1.54) is 12.8 Å². The van der Waals surface area contributed by atoms with Crippen LogP contribution in [0.2, 0.25) is 0 Å². The molecule has 88 valence electrons. The van der Waals surface area contributed by atoms with Crippen molar-refractivity contribution < 1.29 is 4.74 Å². The minimum absolute atomic E-state index is 0.585. The summed E-state index contributed by atoms with van der Waals surface area (Å²) in [5, 5.41) is 6.91. The Bertz CT molecular complexity index is 351. The summed E-state index contributed by atoms with van der Waals surface area (Å²) in [6.07, 6.45) is 2.37. The molecule has 1 aliphatic rings. The van der Waals surface area contributed by atoms with Crippen molar-refractivity contribution >= 4 is 21.6 Å². The smallest absolute Gasteiger partial charge is 0.133 e. The number of benzene rings is 1. The average molecular weight is 285 g/mol. The lowest BCUT2D eigenvalue weighted by Gasteiger charge is -2.24. The third kappa shape index (κ3) is 2.89. The van der Waals surface area contributed by atoms with Crippen LogP contribution in [0.5, 0.6) is 5.75 Å². The zero-order valence-corrected chi connectivity index (χ0v) is 11.0. The molecule has 0 amide bonds. The van der Waals surface area contributed by atoms with Crippen LogP contribution in [0.1, 0.15) is 12.8 Å². The van der Waals surface area contributed by atoms with E-state index in [0.717, 1.165) is 29.0 Å². The number of anilines is 1. The number of hydrogen-bond acceptors (Lipinski definition) is 3. The van der Waals surface area contributed by atoms with Gasteiger partial charge in [-0.2, -0.15) is 0 Å². The second-order valence-corrected chi connectivity index (χ2v) is 4.87. The lowest BCUT2D eigenvalue weighted by Crippen LogP contribution is -2.35. The second kappa shape index (κ2) is 5.55. The monoisotopic (exact) mass is 284 g/mol. The van der Waals surface area contributed by atoms with Gasteiger partial charge in [-0.1, -0.05) is 0 Å². The van der Waals surface area contributed by atoms with E-state index in [4.69, 9.17) is 4.74 Å². The maximum Gasteiger partial charge on any atom is 0.133 e. The van der Waals surface area contributed by atoms with E-state index >= 15 is 0 Å². The minimum Gasteiger partial charge on any atom is -0.496 e. The van der Waals surface area contributed by atoms with Crippen molar-refractivity contribution in [1.29, 1.82) is 0 Å². The summed E-state index contributed by atoms with van der Waals surface area (Å²) in [5.74, 6) is 0.871. The maximum atomic E-state index is 5.21. The summed E-state index contributed by atoms with van der Waals surface area (Å²) in [7, 11) is 1.68. The SMILES string of the molecule is COc1ccc(NC2CCNCC2)cc1Br. The number of ether oxygens (including phenoxy) is 1. The van der Waals surface area contributed by atoms with Crippen LogP contribution in [0.4, 0.5) is 5.69 Å². The van der Waals surface area contributed by atoms with Gasteiger partial charge in [-0.15, -0.1) is 0 Å². The van der Waals surface area contributed by atoms with Crippen LogP contribution in [0.25, 0.3) is 0 Å². The molecule has 0 atom stereocenters. The molecule has 1 saturated heterocycles. The van der Waals surface area contributed by atoms with Crippen molar-refractivity contribution in [2.24, 2.45) is 0 Å². The Balaban J connectivity index is 2.01. The summed E-state index contributed by atoms with van der Waals surface area (Å²) >= 11 is 3.49. The molecule has 0 radical (unpaired) electrons. The summed E-state index contributed by atoms with van der Waals surface area (Å²) < 4.78 is 6.20. The van der Waals surface area contributed by atoms with E-state index < -0.39 is 0 Å². The predicted molar refractivity (Wildman–Crippen MR) is 70.2 cm³/mol. The molecule has 4 heteroatoms. The molecule has 1 aliphatic heterocycles. The third-order valence-electron chi connectivity index (χ3n) is 2.86. The molecule has 2 rings (SSSR count). The molecule has 0 bridgehead atoms. The lowest BCUT2D eigenvalue weighted by atomic mass is 10.1. The van der Waals surface area contributed by atoms with Gasteiger partial charge in [-0.3, -0.25) is 0 Å². The first-order valence-corrected chi connectivity index (χ1v) is 6.39. The van der Waals surface area contributed by atoms with Gasteiger partial charge >= 0.3 is 0 Å². The first-order chi connectivity index (χ1) is 7.79. The van der Waals surface area contributed by atoms with Gasteiger partial charge in [-0.25, -0.2) is 0 Å². The molecule has 2 N–H and O–H groups in total. The van der Waals surface area contributed by atoms with Crippen LogP contribution in [-0.4, -0.2) is 26.2 Å². The second-order valence-electron chi connectivity index (χ2n) is 4.02. The fourth-order valence-electron chi connectivity index (χ4n) is 1.96. The molecule has 0 spiro atoms. The van der Waals surface area contributed by atoms with E-state index in [1.54, 1.807) is 7.11 Å². The topological polar surface area (TPSA) is 33.3 Å². The third-order valence-corrected chi connectivity index (χ3v) is 3.48. The van der Waals surface area contributed by atoms with E-state index in [0.29, 0.717) is 6.04 Å². The lowest BCUT2D eigenvalue weighted by molar-refractivity contribution is 0.412. The van der Waals surface area contributed by atoms with Crippen molar-refractivity contribution in [1.82, 2.24) is 5.32 Å². The highest BCUT2D eigenvalue weighted by Crippen LogP contribution is 2.28. The molecular weight excluding hydrogens is 268 g/mol. The van der Waals surface area contributed by atoms with Gasteiger partial charge in [0.25, 0.3) is 0 Å². The molecule has 1 fully saturated rings. The number of halogens is 1. The molecule has 3 nitrogen and oxygen atoms in total. The van der Waals surface area contributed by atoms with E-state index in [1.807, 2.05) is 6.07 Å². The van der Waals surface area contributed by atoms with Crippen molar-refractivity contribution in [2.75, 3.05) is 25.5 Å². The summed E-state index contributed by atoms with van der Waals surface area (Å²) in [6, 6.07) is 6.70. The minimum atomic E-state index is 0.585. The summed E-state index contributed by atoms with van der Waals surface area (Å²) in [4.78, 5) is 0. The Hall–Kier alpha value is -0.740. The molecular formula is C12H17BrN2O. The van der Waals surface area contributed by atoms with Gasteiger partial charge < -0.3 is 15.4 Å². The molecule has 0 aliphatic carbocycles. The summed E-state index contributed by atoms with van der Waals surface area (Å²) in [6.45, 7) is 2.21. The van der Waals surface area contributed by atoms with Crippen molar-refractivity contribution in [2.45, 2.75) is 18.9 Å². The van der Waals surface area contributed by atoms with Crippen molar-refractivity contribution in [3.8, 4) is 5.75 Å². The fraction of sp³-hybridized carbons (Fsp3) is 0.500. The molecule has 1 heterocycles. The predicted octanol–water partition coefficient (Wildman–Crippen LogP) is 2.62. The van der Waals surface area contributed by atoms with Crippen molar-refractivity contribution in [3.63, 3.8) is 0 Å². The highest BCUT2D eigenvalue weighted by atomic mass is 79.9. The van der Waals surface area contributed by atoms with Crippen LogP contribution in [0, 0.1) is 0 Å². The van der Waals surface area contributed by atoms with Gasteiger partial charge in [0.1, 0.15) is 5.75 Å². The number of methoxy groups -OCH3 is 1. The normalized spacial score (nSPS) is 17.1. The number of nitrogens with one attached hydrogen (secondary N) is 2. The number of hydrogen-bond donors (Lipinski definition) is 2. The van der Waals surface area contributed by atoms with Crippen LogP contribution in [0.3, 0.4) is 0 Å². The van der Waals surface area contributed by atoms with Gasteiger partial charge in [0, 0.05) is 11.7 Å². The maximum absolute atomic E-state index is 5.21. The van der Waals surface area contributed by atoms with Crippen LogP contribution in [0.15, 0.2) is 22.7 Å². The molecule has 1 aromatic carbocycles. The Morgan fingerprint density at radius 3 is 2.75 bits per heavy atom. The first kappa shape index (κ1) is 11.7. The van der Waals surface area contributed by atoms with Crippen molar-refractivity contribution in [3.05, 3.63) is 22.7 Å². The quantitative estimate of drug-likeness (QED) is 0.895. The fourth-order valence-corrected chi connectivity index (χ4v) is 2.50. The molecule has 0 saturated carbocycles. The average Bonchev–Trinajstić information content (AvgIpc) is 2.31. The van der Waals surface area contributed by atoms with Gasteiger partial charge in [0.05, 0.1) is 11.6 Å².